The van der Waals surface area contributed by atoms with E-state index >= 15 is 0 Å². The van der Waals surface area contributed by atoms with Gasteiger partial charge in [-0.2, -0.15) is 5.26 Å². The van der Waals surface area contributed by atoms with E-state index in [1.807, 2.05) is 13.0 Å². The number of carbonyl (C=O) groups is 2. The van der Waals surface area contributed by atoms with Crippen molar-refractivity contribution in [3.8, 4) is 6.07 Å². The van der Waals surface area contributed by atoms with E-state index < -0.39 is 5.82 Å². The molecular weight excluding hydrogens is 261 g/mol. The maximum atomic E-state index is 13.3. The molecule has 1 aromatic carbocycles. The molecule has 104 valence electrons. The van der Waals surface area contributed by atoms with Crippen LogP contribution >= 0.6 is 0 Å². The Bertz CT molecular complexity index is 595. The molecule has 0 bridgehead atoms. The van der Waals surface area contributed by atoms with Gasteiger partial charge in [-0.3, -0.25) is 9.59 Å². The van der Waals surface area contributed by atoms with Gasteiger partial charge in [0.05, 0.1) is 18.2 Å². The van der Waals surface area contributed by atoms with Crippen LogP contribution in [0, 0.1) is 17.1 Å². The van der Waals surface area contributed by atoms with E-state index in [0.29, 0.717) is 12.1 Å². The SMILES string of the molecule is CCN1CC(=O)N(Cc2cc(F)cc(C#N)c2)CC1=O. The minimum atomic E-state index is -0.523. The van der Waals surface area contributed by atoms with Crippen molar-refractivity contribution >= 4 is 11.8 Å². The number of nitrogens with zero attached hydrogens (tertiary/aromatic N) is 3. The number of nitriles is 1. The van der Waals surface area contributed by atoms with E-state index in [-0.39, 0.29) is 37.0 Å². The maximum absolute atomic E-state index is 13.3. The quantitative estimate of drug-likeness (QED) is 0.823. The topological polar surface area (TPSA) is 64.4 Å². The zero-order chi connectivity index (χ0) is 14.7. The first-order valence-corrected chi connectivity index (χ1v) is 6.28. The van der Waals surface area contributed by atoms with Gasteiger partial charge in [0, 0.05) is 13.1 Å². The van der Waals surface area contributed by atoms with Crippen LogP contribution < -0.4 is 0 Å². The summed E-state index contributed by atoms with van der Waals surface area (Å²) < 4.78 is 13.3. The zero-order valence-corrected chi connectivity index (χ0v) is 11.1. The molecule has 1 saturated heterocycles. The fraction of sp³-hybridized carbons (Fsp3) is 0.357. The summed E-state index contributed by atoms with van der Waals surface area (Å²) in [4.78, 5) is 26.6. The molecule has 1 aliphatic heterocycles. The molecule has 0 N–H and O–H groups in total. The summed E-state index contributed by atoms with van der Waals surface area (Å²) in [6, 6.07) is 5.78. The smallest absolute Gasteiger partial charge is 0.242 e. The van der Waals surface area contributed by atoms with Crippen LogP contribution in [0.3, 0.4) is 0 Å². The van der Waals surface area contributed by atoms with Gasteiger partial charge in [0.2, 0.25) is 11.8 Å². The fourth-order valence-corrected chi connectivity index (χ4v) is 2.16. The lowest BCUT2D eigenvalue weighted by atomic mass is 10.1. The third-order valence-electron chi connectivity index (χ3n) is 3.20. The second-order valence-electron chi connectivity index (χ2n) is 4.62. The molecule has 0 aromatic heterocycles. The molecule has 1 aliphatic rings. The third-order valence-corrected chi connectivity index (χ3v) is 3.20. The van der Waals surface area contributed by atoms with Crippen LogP contribution in [-0.2, 0) is 16.1 Å². The van der Waals surface area contributed by atoms with E-state index in [1.165, 1.54) is 21.9 Å². The maximum Gasteiger partial charge on any atom is 0.242 e. The first-order chi connectivity index (χ1) is 9.53. The molecule has 0 radical (unpaired) electrons. The number of amides is 2. The van der Waals surface area contributed by atoms with Crippen LogP contribution in [-0.4, -0.2) is 41.2 Å². The molecule has 0 atom stereocenters. The molecule has 1 aromatic rings. The Morgan fingerprint density at radius 3 is 2.50 bits per heavy atom. The van der Waals surface area contributed by atoms with Crippen LogP contribution in [0.25, 0.3) is 0 Å². The Balaban J connectivity index is 2.14. The number of hydrogen-bond acceptors (Lipinski definition) is 3. The van der Waals surface area contributed by atoms with Crippen LogP contribution in [0.15, 0.2) is 18.2 Å². The lowest BCUT2D eigenvalue weighted by molar-refractivity contribution is -0.150. The number of likely N-dealkylation sites (N-methyl/N-ethyl adjacent to an activating group) is 1. The summed E-state index contributed by atoms with van der Waals surface area (Å²) in [5, 5.41) is 8.80. The number of hydrogen-bond donors (Lipinski definition) is 0. The van der Waals surface area contributed by atoms with E-state index in [4.69, 9.17) is 5.26 Å². The van der Waals surface area contributed by atoms with Gasteiger partial charge in [-0.15, -0.1) is 0 Å². The standard InChI is InChI=1S/C14H14FN3O2/c1-2-17-8-14(20)18(9-13(17)19)7-11-3-10(6-16)4-12(15)5-11/h3-5H,2,7-9H2,1H3. The molecule has 0 aliphatic carbocycles. The average molecular weight is 275 g/mol. The van der Waals surface area contributed by atoms with Crippen LogP contribution in [0.4, 0.5) is 4.39 Å². The second-order valence-corrected chi connectivity index (χ2v) is 4.62. The van der Waals surface area contributed by atoms with Gasteiger partial charge in [0.25, 0.3) is 0 Å². The van der Waals surface area contributed by atoms with Crippen molar-refractivity contribution in [2.75, 3.05) is 19.6 Å². The summed E-state index contributed by atoms with van der Waals surface area (Å²) in [7, 11) is 0. The highest BCUT2D eigenvalue weighted by Crippen LogP contribution is 2.14. The first-order valence-electron chi connectivity index (χ1n) is 6.28. The number of benzene rings is 1. The second kappa shape index (κ2) is 5.70. The van der Waals surface area contributed by atoms with E-state index in [1.54, 1.807) is 0 Å². The Hall–Kier alpha value is -2.42. The van der Waals surface area contributed by atoms with Crippen molar-refractivity contribution in [1.29, 1.82) is 5.26 Å². The molecule has 20 heavy (non-hydrogen) atoms. The summed E-state index contributed by atoms with van der Waals surface area (Å²) in [5.41, 5.74) is 0.707. The zero-order valence-electron chi connectivity index (χ0n) is 11.1. The minimum absolute atomic E-state index is 0.00886. The molecule has 0 spiro atoms. The largest absolute Gasteiger partial charge is 0.332 e. The average Bonchev–Trinajstić information content (AvgIpc) is 2.41. The highest BCUT2D eigenvalue weighted by Gasteiger charge is 2.28. The van der Waals surface area contributed by atoms with Gasteiger partial charge >= 0.3 is 0 Å². The molecule has 2 amide bonds. The molecular formula is C14H14FN3O2. The van der Waals surface area contributed by atoms with Gasteiger partial charge in [-0.05, 0) is 30.7 Å². The normalized spacial score (nSPS) is 15.4. The monoisotopic (exact) mass is 275 g/mol. The summed E-state index contributed by atoms with van der Waals surface area (Å²) in [5.74, 6) is -0.816. The Labute approximate surface area is 116 Å². The Kier molecular flexibility index (Phi) is 3.99. The lowest BCUT2D eigenvalue weighted by Gasteiger charge is -2.33. The van der Waals surface area contributed by atoms with E-state index in [0.717, 1.165) is 6.07 Å². The molecule has 5 nitrogen and oxygen atoms in total. The number of rotatable bonds is 3. The highest BCUT2D eigenvalue weighted by molar-refractivity contribution is 5.92. The number of halogens is 1. The predicted octanol–water partition coefficient (Wildman–Crippen LogP) is 0.888. The number of piperazine rings is 1. The van der Waals surface area contributed by atoms with Crippen molar-refractivity contribution in [3.63, 3.8) is 0 Å². The van der Waals surface area contributed by atoms with Crippen molar-refractivity contribution in [1.82, 2.24) is 9.80 Å². The molecule has 6 heteroatoms. The van der Waals surface area contributed by atoms with Crippen LogP contribution in [0.5, 0.6) is 0 Å². The molecule has 0 saturated carbocycles. The van der Waals surface area contributed by atoms with Crippen molar-refractivity contribution in [2.45, 2.75) is 13.5 Å². The molecule has 2 rings (SSSR count). The summed E-state index contributed by atoms with van der Waals surface area (Å²) in [6.45, 7) is 2.49. The minimum Gasteiger partial charge on any atom is -0.332 e. The van der Waals surface area contributed by atoms with Crippen LogP contribution in [0.2, 0.25) is 0 Å². The lowest BCUT2D eigenvalue weighted by Crippen LogP contribution is -2.53. The Morgan fingerprint density at radius 2 is 1.85 bits per heavy atom. The van der Waals surface area contributed by atoms with E-state index in [2.05, 4.69) is 0 Å². The predicted molar refractivity (Wildman–Crippen MR) is 68.8 cm³/mol. The molecule has 0 unspecified atom stereocenters. The van der Waals surface area contributed by atoms with Crippen LogP contribution in [0.1, 0.15) is 18.1 Å². The van der Waals surface area contributed by atoms with Crippen molar-refractivity contribution < 1.29 is 14.0 Å². The van der Waals surface area contributed by atoms with Gasteiger partial charge in [0.1, 0.15) is 12.4 Å². The van der Waals surface area contributed by atoms with Gasteiger partial charge < -0.3 is 9.80 Å². The first kappa shape index (κ1) is 14.0. The number of carbonyl (C=O) groups excluding carboxylic acids is 2. The summed E-state index contributed by atoms with van der Waals surface area (Å²) >= 11 is 0. The highest BCUT2D eigenvalue weighted by atomic mass is 19.1. The van der Waals surface area contributed by atoms with E-state index in [9.17, 15) is 14.0 Å². The van der Waals surface area contributed by atoms with Gasteiger partial charge in [-0.25, -0.2) is 4.39 Å². The molecule has 1 heterocycles. The third kappa shape index (κ3) is 2.94. The Morgan fingerprint density at radius 1 is 1.20 bits per heavy atom. The van der Waals surface area contributed by atoms with Gasteiger partial charge in [0.15, 0.2) is 0 Å². The molecule has 1 fully saturated rings. The van der Waals surface area contributed by atoms with Crippen molar-refractivity contribution in [2.24, 2.45) is 0 Å². The summed E-state index contributed by atoms with van der Waals surface area (Å²) in [6.07, 6.45) is 0. The fourth-order valence-electron chi connectivity index (χ4n) is 2.16. The van der Waals surface area contributed by atoms with Crippen molar-refractivity contribution in [3.05, 3.63) is 35.1 Å². The van der Waals surface area contributed by atoms with Gasteiger partial charge in [-0.1, -0.05) is 0 Å².